The Morgan fingerprint density at radius 3 is 2.67 bits per heavy atom. The maximum absolute atomic E-state index is 12.0. The van der Waals surface area contributed by atoms with Crippen molar-refractivity contribution < 1.29 is 19.7 Å². The highest BCUT2D eigenvalue weighted by molar-refractivity contribution is 6.04. The average Bonchev–Trinajstić information content (AvgIpc) is 2.48. The molecule has 0 saturated heterocycles. The molecule has 0 bridgehead atoms. The Morgan fingerprint density at radius 2 is 1.95 bits per heavy atom. The van der Waals surface area contributed by atoms with Crippen molar-refractivity contribution in [3.8, 4) is 17.2 Å². The first-order chi connectivity index (χ1) is 10.1. The molecule has 0 radical (unpaired) electrons. The largest absolute Gasteiger partial charge is 0.504 e. The van der Waals surface area contributed by atoms with Gasteiger partial charge in [-0.25, -0.2) is 0 Å². The van der Waals surface area contributed by atoms with Crippen LogP contribution in [0.25, 0.3) is 0 Å². The molecule has 0 aliphatic rings. The number of anilines is 1. The van der Waals surface area contributed by atoms with Crippen LogP contribution in [0.4, 0.5) is 5.69 Å². The van der Waals surface area contributed by atoms with E-state index in [-0.39, 0.29) is 17.1 Å². The molecule has 6 heteroatoms. The third kappa shape index (κ3) is 3.87. The molecule has 0 aromatic heterocycles. The van der Waals surface area contributed by atoms with Crippen molar-refractivity contribution in [1.29, 1.82) is 0 Å². The lowest BCUT2D eigenvalue weighted by Gasteiger charge is -2.09. The molecule has 0 aliphatic carbocycles. The van der Waals surface area contributed by atoms with Crippen LogP contribution in [-0.2, 0) is 0 Å². The first kappa shape index (κ1) is 14.7. The van der Waals surface area contributed by atoms with Gasteiger partial charge in [0, 0.05) is 23.9 Å². The molecule has 0 spiro atoms. The monoisotopic (exact) mass is 288 g/mol. The minimum absolute atomic E-state index is 0.235. The van der Waals surface area contributed by atoms with Crippen molar-refractivity contribution in [3.63, 3.8) is 0 Å². The van der Waals surface area contributed by atoms with Gasteiger partial charge in [0.05, 0.1) is 0 Å². The molecule has 2 rings (SSSR count). The first-order valence-corrected chi connectivity index (χ1v) is 6.36. The van der Waals surface area contributed by atoms with Crippen LogP contribution in [-0.4, -0.2) is 29.3 Å². The van der Waals surface area contributed by atoms with E-state index in [0.717, 1.165) is 0 Å². The third-order valence-electron chi connectivity index (χ3n) is 2.72. The predicted molar refractivity (Wildman–Crippen MR) is 78.7 cm³/mol. The van der Waals surface area contributed by atoms with E-state index in [2.05, 4.69) is 5.32 Å². The number of nitrogens with one attached hydrogen (secondary N) is 1. The third-order valence-corrected chi connectivity index (χ3v) is 2.72. The lowest BCUT2D eigenvalue weighted by Crippen LogP contribution is -2.12. The summed E-state index contributed by atoms with van der Waals surface area (Å²) in [5.74, 6) is -0.417. The Labute approximate surface area is 121 Å². The zero-order chi connectivity index (χ0) is 15.2. The topological polar surface area (TPSA) is 105 Å². The maximum atomic E-state index is 12.0. The molecule has 6 nitrogen and oxygen atoms in total. The number of benzene rings is 2. The highest BCUT2D eigenvalue weighted by Gasteiger charge is 2.09. The number of aromatic hydroxyl groups is 2. The van der Waals surface area contributed by atoms with Gasteiger partial charge in [0.2, 0.25) is 0 Å². The predicted octanol–water partition coefficient (Wildman–Crippen LogP) is 1.69. The molecule has 0 aliphatic heterocycles. The Kier molecular flexibility index (Phi) is 4.63. The van der Waals surface area contributed by atoms with Crippen molar-refractivity contribution >= 4 is 11.6 Å². The zero-order valence-corrected chi connectivity index (χ0v) is 11.2. The van der Waals surface area contributed by atoms with E-state index in [1.54, 1.807) is 24.3 Å². The summed E-state index contributed by atoms with van der Waals surface area (Å²) in [4.78, 5) is 12.0. The van der Waals surface area contributed by atoms with Crippen LogP contribution in [0.2, 0.25) is 0 Å². The van der Waals surface area contributed by atoms with Crippen LogP contribution in [0.3, 0.4) is 0 Å². The van der Waals surface area contributed by atoms with Gasteiger partial charge in [-0.1, -0.05) is 6.07 Å². The highest BCUT2D eigenvalue weighted by Crippen LogP contribution is 2.25. The van der Waals surface area contributed by atoms with Crippen molar-refractivity contribution in [2.24, 2.45) is 5.73 Å². The Hall–Kier alpha value is -2.73. The summed E-state index contributed by atoms with van der Waals surface area (Å²) in [6.07, 6.45) is 0. The second-order valence-corrected chi connectivity index (χ2v) is 4.32. The normalized spacial score (nSPS) is 10.1. The number of phenols is 2. The fraction of sp³-hybridized carbons (Fsp3) is 0.133. The molecule has 2 aromatic rings. The van der Waals surface area contributed by atoms with Gasteiger partial charge in [-0.05, 0) is 30.3 Å². The standard InChI is InChI=1S/C15H16N2O4/c16-6-7-21-12-3-1-2-11(9-12)17-15(20)10-4-5-13(18)14(19)8-10/h1-5,8-9,18-19H,6-7,16H2,(H,17,20). The molecule has 0 atom stereocenters. The maximum Gasteiger partial charge on any atom is 0.255 e. The minimum atomic E-state index is -0.402. The molecule has 0 heterocycles. The van der Waals surface area contributed by atoms with E-state index in [1.165, 1.54) is 18.2 Å². The lowest BCUT2D eigenvalue weighted by molar-refractivity contribution is 0.102. The molecule has 110 valence electrons. The van der Waals surface area contributed by atoms with E-state index >= 15 is 0 Å². The molecule has 5 N–H and O–H groups in total. The number of amides is 1. The summed E-state index contributed by atoms with van der Waals surface area (Å²) < 4.78 is 5.37. The van der Waals surface area contributed by atoms with Gasteiger partial charge >= 0.3 is 0 Å². The van der Waals surface area contributed by atoms with Crippen molar-refractivity contribution in [2.75, 3.05) is 18.5 Å². The quantitative estimate of drug-likeness (QED) is 0.627. The molecular weight excluding hydrogens is 272 g/mol. The molecule has 0 unspecified atom stereocenters. The van der Waals surface area contributed by atoms with Crippen LogP contribution < -0.4 is 15.8 Å². The summed E-state index contributed by atoms with van der Waals surface area (Å²) >= 11 is 0. The van der Waals surface area contributed by atoms with E-state index in [0.29, 0.717) is 24.6 Å². The SMILES string of the molecule is NCCOc1cccc(NC(=O)c2ccc(O)c(O)c2)c1. The molecule has 0 saturated carbocycles. The number of nitrogens with two attached hydrogens (primary N) is 1. The van der Waals surface area contributed by atoms with Crippen LogP contribution in [0, 0.1) is 0 Å². The Balaban J connectivity index is 2.10. The van der Waals surface area contributed by atoms with Gasteiger partial charge in [0.1, 0.15) is 12.4 Å². The summed E-state index contributed by atoms with van der Waals surface area (Å²) in [5.41, 5.74) is 6.15. The number of ether oxygens (including phenoxy) is 1. The number of rotatable bonds is 5. The molecule has 1 amide bonds. The van der Waals surface area contributed by atoms with Crippen molar-refractivity contribution in [2.45, 2.75) is 0 Å². The Morgan fingerprint density at radius 1 is 1.14 bits per heavy atom. The zero-order valence-electron chi connectivity index (χ0n) is 11.2. The number of carbonyl (C=O) groups is 1. The molecule has 2 aromatic carbocycles. The molecular formula is C15H16N2O4. The van der Waals surface area contributed by atoms with Crippen molar-refractivity contribution in [1.82, 2.24) is 0 Å². The fourth-order valence-corrected chi connectivity index (χ4v) is 1.71. The van der Waals surface area contributed by atoms with Gasteiger partial charge in [0.25, 0.3) is 5.91 Å². The second-order valence-electron chi connectivity index (χ2n) is 4.32. The van der Waals surface area contributed by atoms with E-state index in [4.69, 9.17) is 10.5 Å². The lowest BCUT2D eigenvalue weighted by atomic mass is 10.2. The van der Waals surface area contributed by atoms with Crippen LogP contribution in [0.1, 0.15) is 10.4 Å². The van der Waals surface area contributed by atoms with E-state index in [1.807, 2.05) is 0 Å². The number of hydrogen-bond acceptors (Lipinski definition) is 5. The van der Waals surface area contributed by atoms with Gasteiger partial charge in [-0.15, -0.1) is 0 Å². The second kappa shape index (κ2) is 6.62. The van der Waals surface area contributed by atoms with Crippen LogP contribution >= 0.6 is 0 Å². The number of carbonyl (C=O) groups excluding carboxylic acids is 1. The van der Waals surface area contributed by atoms with Crippen molar-refractivity contribution in [3.05, 3.63) is 48.0 Å². The number of hydrogen-bond donors (Lipinski definition) is 4. The summed E-state index contributed by atoms with van der Waals surface area (Å²) in [6, 6.07) is 10.8. The van der Waals surface area contributed by atoms with Gasteiger partial charge in [0.15, 0.2) is 11.5 Å². The average molecular weight is 288 g/mol. The van der Waals surface area contributed by atoms with E-state index < -0.39 is 5.91 Å². The Bertz CT molecular complexity index is 643. The van der Waals surface area contributed by atoms with Gasteiger partial charge < -0.3 is 26.0 Å². The van der Waals surface area contributed by atoms with Crippen LogP contribution in [0.5, 0.6) is 17.2 Å². The fourth-order valence-electron chi connectivity index (χ4n) is 1.71. The highest BCUT2D eigenvalue weighted by atomic mass is 16.5. The number of phenolic OH excluding ortho intramolecular Hbond substituents is 2. The molecule has 0 fully saturated rings. The van der Waals surface area contributed by atoms with Gasteiger partial charge in [-0.2, -0.15) is 0 Å². The van der Waals surface area contributed by atoms with Crippen LogP contribution in [0.15, 0.2) is 42.5 Å². The molecule has 21 heavy (non-hydrogen) atoms. The van der Waals surface area contributed by atoms with E-state index in [9.17, 15) is 15.0 Å². The minimum Gasteiger partial charge on any atom is -0.504 e. The van der Waals surface area contributed by atoms with Gasteiger partial charge in [-0.3, -0.25) is 4.79 Å². The summed E-state index contributed by atoms with van der Waals surface area (Å²) in [5, 5.41) is 21.3. The summed E-state index contributed by atoms with van der Waals surface area (Å²) in [7, 11) is 0. The smallest absolute Gasteiger partial charge is 0.255 e. The summed E-state index contributed by atoms with van der Waals surface area (Å²) in [6.45, 7) is 0.798. The first-order valence-electron chi connectivity index (χ1n) is 6.36.